The molecular formula is C94H106FN9O25. The molecule has 129 heavy (non-hydrogen) atoms. The van der Waals surface area contributed by atoms with Gasteiger partial charge in [0.05, 0.1) is 61.5 Å². The van der Waals surface area contributed by atoms with Crippen molar-refractivity contribution >= 4 is 75.7 Å². The van der Waals surface area contributed by atoms with Gasteiger partial charge in [0.25, 0.3) is 17.7 Å². The quantitative estimate of drug-likeness (QED) is 0.0338. The lowest BCUT2D eigenvalue weighted by Gasteiger charge is -2.50. The van der Waals surface area contributed by atoms with E-state index in [-0.39, 0.29) is 126 Å². The van der Waals surface area contributed by atoms with Crippen LogP contribution >= 0.6 is 0 Å². The molecule has 22 N–H and O–H groups in total. The number of carbonyl (C=O) groups excluding carboxylic acids is 10. The summed E-state index contributed by atoms with van der Waals surface area (Å²) in [7, 11) is 10.8. The fourth-order valence-electron chi connectivity index (χ4n) is 20.2. The third kappa shape index (κ3) is 16.0. The largest absolute Gasteiger partial charge is 0.508 e. The van der Waals surface area contributed by atoms with Crippen LogP contribution in [-0.4, -0.2) is 231 Å². The van der Waals surface area contributed by atoms with Gasteiger partial charge in [-0.25, -0.2) is 4.39 Å². The van der Waals surface area contributed by atoms with Gasteiger partial charge in [-0.3, -0.25) is 62.6 Å². The highest BCUT2D eigenvalue weighted by atomic mass is 19.1. The SMILES string of the molecule is CC(C)NCc1ccc(-c2ccc(O)c3c2C[C@H]2C[C@H]4C(N(C)C)C(=O)C(C(N)=O)=C(O)[C@@]4(O)C(=O)C2=C3O)o1.CN(C)[C@@H]1C(=O)C(C(N)=O)=C(O)[C@@]2(O)C(=O)C3=C(O)c4c(O)c(CC(=O)OCC(C)(C)C)cc(CN)c4C[C@H]3C[C@@H]12.COc1ccc(CNCc2cccc(F)c2)cc1-c1ccc(O)c2c1C[C@H]1C[C@H]3C(N(C)C)C(=O)C(C(N)=O)=C(O)[C@@]3(O)C(=O)C1=C2O. The van der Waals surface area contributed by atoms with Gasteiger partial charge in [-0.05, 0) is 204 Å². The predicted octanol–water partition coefficient (Wildman–Crippen LogP) is 5.35. The molecule has 1 heterocycles. The molecular weight excluding hydrogens is 1670 g/mol. The topological polar surface area (TPSA) is 583 Å². The summed E-state index contributed by atoms with van der Waals surface area (Å²) in [6.07, 6.45) is 0.0553. The van der Waals surface area contributed by atoms with Crippen molar-refractivity contribution in [3.05, 3.63) is 203 Å². The molecule has 9 aliphatic rings. The highest BCUT2D eigenvalue weighted by Crippen LogP contribution is 2.59. The van der Waals surface area contributed by atoms with E-state index in [1.165, 1.54) is 60.2 Å². The van der Waals surface area contributed by atoms with Gasteiger partial charge in [0, 0.05) is 76.8 Å². The Bertz CT molecular complexity index is 5980. The maximum atomic E-state index is 14.1. The number of hydrogen-bond donors (Lipinski definition) is 18. The molecule has 1 aromatic heterocycles. The number of nitrogens with zero attached hydrogens (tertiary/aromatic N) is 3. The van der Waals surface area contributed by atoms with E-state index in [1.54, 1.807) is 64.6 Å². The second-order valence-electron chi connectivity index (χ2n) is 36.4. The number of likely N-dealkylation sites (N-methyl/N-ethyl adjacent to an activating group) is 3. The Morgan fingerprint density at radius 3 is 1.37 bits per heavy atom. The van der Waals surface area contributed by atoms with E-state index in [4.69, 9.17) is 36.8 Å². The van der Waals surface area contributed by atoms with Gasteiger partial charge < -0.3 is 109 Å². The summed E-state index contributed by atoms with van der Waals surface area (Å²) in [4.78, 5) is 135. The number of aliphatic hydroxyl groups is 9. The first-order valence-electron chi connectivity index (χ1n) is 41.8. The van der Waals surface area contributed by atoms with Crippen LogP contribution in [0.15, 0.2) is 140 Å². The molecule has 0 bridgehead atoms. The zero-order chi connectivity index (χ0) is 94.7. The summed E-state index contributed by atoms with van der Waals surface area (Å²) in [5, 5.41) is 142. The number of methoxy groups -OCH3 is 1. The number of esters is 1. The van der Waals surface area contributed by atoms with Crippen molar-refractivity contribution in [3.8, 4) is 45.4 Å². The second-order valence-corrected chi connectivity index (χ2v) is 36.4. The van der Waals surface area contributed by atoms with Crippen LogP contribution in [0.2, 0.25) is 0 Å². The molecule has 0 spiro atoms. The number of Topliss-reactive ketones (excluding diaryl/α,β-unsaturated/α-hetero) is 6. The van der Waals surface area contributed by atoms with Crippen molar-refractivity contribution in [1.82, 2.24) is 25.3 Å². The van der Waals surface area contributed by atoms with E-state index < -0.39 is 186 Å². The summed E-state index contributed by atoms with van der Waals surface area (Å²) < 4.78 is 30.7. The molecule has 6 aromatic rings. The van der Waals surface area contributed by atoms with E-state index in [0.29, 0.717) is 75.8 Å². The maximum absolute atomic E-state index is 14.1. The van der Waals surface area contributed by atoms with Crippen LogP contribution in [0, 0.1) is 46.7 Å². The zero-order valence-corrected chi connectivity index (χ0v) is 73.0. The molecule has 3 amide bonds. The number of amides is 3. The van der Waals surface area contributed by atoms with Crippen LogP contribution in [0.5, 0.6) is 23.0 Å². The van der Waals surface area contributed by atoms with Gasteiger partial charge in [0.1, 0.15) is 91.6 Å². The molecule has 684 valence electrons. The van der Waals surface area contributed by atoms with E-state index in [1.807, 2.05) is 58.9 Å². The number of aliphatic hydroxyl groups excluding tert-OH is 6. The molecule has 35 heteroatoms. The minimum Gasteiger partial charge on any atom is -0.508 e. The Labute approximate surface area is 740 Å². The van der Waals surface area contributed by atoms with Gasteiger partial charge in [-0.15, -0.1) is 0 Å². The Kier molecular flexibility index (Phi) is 25.5. The lowest BCUT2D eigenvalue weighted by Crippen LogP contribution is -2.65. The van der Waals surface area contributed by atoms with Crippen molar-refractivity contribution in [1.29, 1.82) is 0 Å². The molecule has 0 saturated heterocycles. The molecule has 3 fully saturated rings. The molecule has 15 rings (SSSR count). The molecule has 0 aliphatic heterocycles. The van der Waals surface area contributed by atoms with Gasteiger partial charge in [0.2, 0.25) is 17.3 Å². The van der Waals surface area contributed by atoms with Crippen LogP contribution in [0.1, 0.15) is 115 Å². The fraction of sp³-hybridized carbons (Fsp3) is 0.404. The number of benzene rings is 5. The third-order valence-electron chi connectivity index (χ3n) is 26.0. The van der Waals surface area contributed by atoms with Crippen LogP contribution in [0.3, 0.4) is 0 Å². The lowest BCUT2D eigenvalue weighted by atomic mass is 9.57. The number of rotatable bonds is 20. The summed E-state index contributed by atoms with van der Waals surface area (Å²) >= 11 is 0. The normalized spacial score (nSPS) is 25.2. The molecule has 5 aromatic carbocycles. The lowest BCUT2D eigenvalue weighted by molar-refractivity contribution is -0.155. The molecule has 34 nitrogen and oxygen atoms in total. The summed E-state index contributed by atoms with van der Waals surface area (Å²) in [5.41, 5.74) is 16.1. The van der Waals surface area contributed by atoms with Crippen molar-refractivity contribution in [2.75, 3.05) is 56.0 Å². The fourth-order valence-corrected chi connectivity index (χ4v) is 20.2. The highest BCUT2D eigenvalue weighted by Gasteiger charge is 2.68. The first-order valence-corrected chi connectivity index (χ1v) is 41.8. The number of hydrogen-bond acceptors (Lipinski definition) is 31. The van der Waals surface area contributed by atoms with Crippen LogP contribution in [0.25, 0.3) is 39.7 Å². The number of ketones is 6. The third-order valence-corrected chi connectivity index (χ3v) is 26.0. The van der Waals surface area contributed by atoms with Crippen molar-refractivity contribution in [3.63, 3.8) is 0 Å². The average Bonchev–Trinajstić information content (AvgIpc) is 1.01. The van der Waals surface area contributed by atoms with Crippen LogP contribution < -0.4 is 38.3 Å². The molecule has 9 aliphatic carbocycles. The number of halogens is 1. The van der Waals surface area contributed by atoms with E-state index in [9.17, 15) is 114 Å². The van der Waals surface area contributed by atoms with Crippen LogP contribution in [0.4, 0.5) is 4.39 Å². The first kappa shape index (κ1) is 93.9. The summed E-state index contributed by atoms with van der Waals surface area (Å²) in [5.74, 6) is -20.5. The van der Waals surface area contributed by atoms with Gasteiger partial charge in [0.15, 0.2) is 34.2 Å². The smallest absolute Gasteiger partial charge is 0.310 e. The minimum absolute atomic E-state index is 0.00635. The molecule has 0 radical (unpaired) electrons. The van der Waals surface area contributed by atoms with Gasteiger partial charge in [-0.1, -0.05) is 58.9 Å². The van der Waals surface area contributed by atoms with Crippen molar-refractivity contribution in [2.45, 2.75) is 147 Å². The number of carbonyl (C=O) groups is 10. The number of primary amides is 3. The Hall–Kier alpha value is -12.7. The van der Waals surface area contributed by atoms with E-state index in [0.717, 1.165) is 11.1 Å². The van der Waals surface area contributed by atoms with Crippen LogP contribution in [-0.2, 0) is 105 Å². The average molecular weight is 1780 g/mol. The highest BCUT2D eigenvalue weighted by molar-refractivity contribution is 6.27. The van der Waals surface area contributed by atoms with E-state index in [2.05, 4.69) is 10.6 Å². The monoisotopic (exact) mass is 1780 g/mol. The molecule has 2 unspecified atom stereocenters. The van der Waals surface area contributed by atoms with Crippen molar-refractivity contribution < 1.29 is 128 Å². The number of furan rings is 1. The Balaban J connectivity index is 0.000000166. The zero-order valence-electron chi connectivity index (χ0n) is 73.0. The number of nitrogens with two attached hydrogens (primary N) is 4. The number of ether oxygens (including phenoxy) is 2. The number of fused-ring (bicyclic) bond motifs is 9. The summed E-state index contributed by atoms with van der Waals surface area (Å²) in [6, 6.07) is 20.0. The minimum atomic E-state index is -2.73. The van der Waals surface area contributed by atoms with E-state index >= 15 is 0 Å². The molecule has 12 atom stereocenters. The second kappa shape index (κ2) is 35.0. The summed E-state index contributed by atoms with van der Waals surface area (Å²) in [6.45, 7) is 11.2. The van der Waals surface area contributed by atoms with Crippen molar-refractivity contribution in [2.24, 2.45) is 63.9 Å². The number of phenols is 3. The first-order chi connectivity index (χ1) is 60.5. The standard InChI is InChI=1S/C36H36FN3O8.C29H37N3O9.C29H33N3O8/c1-40(2)30-24-14-19-13-23-21(22-12-18(7-10-26(22)48-3)16-39-15-17-5-4-6-20(37)11-17)8-9-25(41)28(23)31(42)27(19)33(44)36(24,47)34(45)29(32(30)43)35(38)46;1-28(2,3)11-41-17(33)9-13-6-14(10-30)15-7-12-8-16-21(32(4)5)24(36)20(27(31)39)26(38)29(16,40)25(37)18(12)23(35)19(15)22(13)34;1-12(2)31-11-14-5-8-19(40-14)15-6-7-18(33)21-16(15)9-13-10-17-23(32(3)4)25(35)22(28(30)38)27(37)29(17,39)26(36)20(13)24(21)34/h4-12,19,24,30,39,41-42,45,47H,13-16H2,1-3H3,(H2,38,46);6,12,16,21,34-35,38,40H,7-11,30H2,1-5H3,(H2,31,39);5-8,12-13,17,23,31,33-34,37,39H,9-11H2,1-4H3,(H2,30,38)/t19-,24-,30?,36-;12-,16-,21-,29-;13-,17-,23?,29-/m000/s1. The number of phenolic OH excluding ortho intramolecular Hbond substituents is 3. The molecule has 3 saturated carbocycles. The maximum Gasteiger partial charge on any atom is 0.310 e. The van der Waals surface area contributed by atoms with Gasteiger partial charge in [-0.2, -0.15) is 0 Å². The van der Waals surface area contributed by atoms with Gasteiger partial charge >= 0.3 is 5.97 Å². The number of aromatic hydroxyl groups is 3. The number of nitrogens with one attached hydrogen (secondary N) is 2. The Morgan fingerprint density at radius 2 is 0.961 bits per heavy atom. The Morgan fingerprint density at radius 1 is 0.535 bits per heavy atom. The predicted molar refractivity (Wildman–Crippen MR) is 463 cm³/mol.